The topological polar surface area (TPSA) is 12.0 Å². The van der Waals surface area contributed by atoms with Crippen LogP contribution in [0, 0.1) is 22.7 Å². The third-order valence-corrected chi connectivity index (χ3v) is 7.40. The second-order valence-corrected chi connectivity index (χ2v) is 8.37. The molecule has 0 aromatic carbocycles. The molecule has 5 unspecified atom stereocenters. The maximum Gasteiger partial charge on any atom is 0.393 e. The minimum atomic E-state index is -4.05. The molecular formula is C17H28F3N. The Balaban J connectivity index is 1.75. The van der Waals surface area contributed by atoms with Gasteiger partial charge in [0, 0.05) is 12.1 Å². The first kappa shape index (κ1) is 15.6. The van der Waals surface area contributed by atoms with Crippen LogP contribution in [-0.2, 0) is 0 Å². The van der Waals surface area contributed by atoms with E-state index in [1.807, 2.05) is 0 Å². The summed E-state index contributed by atoms with van der Waals surface area (Å²) in [6.07, 6.45) is 2.05. The Morgan fingerprint density at radius 2 is 1.67 bits per heavy atom. The van der Waals surface area contributed by atoms with Crippen LogP contribution in [0.4, 0.5) is 13.2 Å². The third kappa shape index (κ3) is 2.32. The van der Waals surface area contributed by atoms with Gasteiger partial charge in [-0.15, -0.1) is 0 Å². The average molecular weight is 303 g/mol. The average Bonchev–Trinajstić information content (AvgIpc) is 2.71. The maximum absolute atomic E-state index is 13.3. The van der Waals surface area contributed by atoms with E-state index in [1.165, 1.54) is 6.42 Å². The lowest BCUT2D eigenvalue weighted by Gasteiger charge is -2.43. The number of halogens is 3. The quantitative estimate of drug-likeness (QED) is 0.764. The van der Waals surface area contributed by atoms with Crippen LogP contribution in [-0.4, -0.2) is 18.3 Å². The van der Waals surface area contributed by atoms with Gasteiger partial charge in [0.15, 0.2) is 0 Å². The summed E-state index contributed by atoms with van der Waals surface area (Å²) in [5.74, 6) is -0.468. The monoisotopic (exact) mass is 303 g/mol. The molecule has 2 bridgehead atoms. The zero-order valence-corrected chi connectivity index (χ0v) is 13.4. The van der Waals surface area contributed by atoms with Crippen molar-refractivity contribution >= 4 is 0 Å². The van der Waals surface area contributed by atoms with Gasteiger partial charge in [-0.05, 0) is 48.9 Å². The minimum absolute atomic E-state index is 0.158. The van der Waals surface area contributed by atoms with Gasteiger partial charge in [0.1, 0.15) is 0 Å². The Kier molecular flexibility index (Phi) is 3.63. The highest BCUT2D eigenvalue weighted by Crippen LogP contribution is 2.65. The van der Waals surface area contributed by atoms with Gasteiger partial charge in [0.2, 0.25) is 0 Å². The zero-order chi connectivity index (χ0) is 15.5. The molecule has 122 valence electrons. The van der Waals surface area contributed by atoms with Crippen molar-refractivity contribution in [3.8, 4) is 0 Å². The van der Waals surface area contributed by atoms with E-state index >= 15 is 0 Å². The van der Waals surface area contributed by atoms with E-state index in [-0.39, 0.29) is 22.9 Å². The lowest BCUT2D eigenvalue weighted by atomic mass is 9.68. The van der Waals surface area contributed by atoms with Gasteiger partial charge in [0.25, 0.3) is 0 Å². The van der Waals surface area contributed by atoms with E-state index in [0.29, 0.717) is 18.8 Å². The molecule has 0 aliphatic heterocycles. The van der Waals surface area contributed by atoms with Crippen LogP contribution in [0.1, 0.15) is 65.7 Å². The second-order valence-electron chi connectivity index (χ2n) is 8.37. The number of rotatable bonds is 2. The van der Waals surface area contributed by atoms with E-state index in [2.05, 4.69) is 26.1 Å². The number of fused-ring (bicyclic) bond motifs is 2. The van der Waals surface area contributed by atoms with Crippen LogP contribution >= 0.6 is 0 Å². The molecule has 0 amide bonds. The van der Waals surface area contributed by atoms with Gasteiger partial charge in [-0.3, -0.25) is 0 Å². The van der Waals surface area contributed by atoms with Crippen molar-refractivity contribution in [2.24, 2.45) is 22.7 Å². The number of hydrogen-bond acceptors (Lipinski definition) is 1. The fraction of sp³-hybridized carbons (Fsp3) is 1.00. The van der Waals surface area contributed by atoms with Crippen molar-refractivity contribution in [3.63, 3.8) is 0 Å². The summed E-state index contributed by atoms with van der Waals surface area (Å²) < 4.78 is 39.8. The van der Waals surface area contributed by atoms with Crippen LogP contribution in [0.15, 0.2) is 0 Å². The molecule has 1 N–H and O–H groups in total. The molecule has 3 aliphatic carbocycles. The molecule has 0 aromatic rings. The van der Waals surface area contributed by atoms with E-state index in [9.17, 15) is 13.2 Å². The molecule has 3 fully saturated rings. The number of hydrogen-bond donors (Lipinski definition) is 1. The van der Waals surface area contributed by atoms with E-state index in [4.69, 9.17) is 0 Å². The first-order valence-corrected chi connectivity index (χ1v) is 8.49. The Morgan fingerprint density at radius 3 is 2.19 bits per heavy atom. The predicted molar refractivity (Wildman–Crippen MR) is 78.0 cm³/mol. The van der Waals surface area contributed by atoms with Crippen LogP contribution in [0.25, 0.3) is 0 Å². The molecule has 4 heteroatoms. The summed E-state index contributed by atoms with van der Waals surface area (Å²) in [7, 11) is 0. The summed E-state index contributed by atoms with van der Waals surface area (Å²) in [6, 6.07) is -0.102. The molecule has 1 nitrogen and oxygen atoms in total. The molecular weight excluding hydrogens is 275 g/mol. The van der Waals surface area contributed by atoms with Crippen molar-refractivity contribution in [2.75, 3.05) is 0 Å². The van der Waals surface area contributed by atoms with Crippen molar-refractivity contribution in [2.45, 2.75) is 84.0 Å². The van der Waals surface area contributed by atoms with Crippen molar-refractivity contribution in [1.82, 2.24) is 5.32 Å². The number of nitrogens with one attached hydrogen (secondary N) is 1. The van der Waals surface area contributed by atoms with Gasteiger partial charge in [-0.25, -0.2) is 0 Å². The molecule has 21 heavy (non-hydrogen) atoms. The van der Waals surface area contributed by atoms with Crippen LogP contribution in [0.2, 0.25) is 0 Å². The van der Waals surface area contributed by atoms with Gasteiger partial charge >= 0.3 is 6.18 Å². The molecule has 0 radical (unpaired) electrons. The summed E-state index contributed by atoms with van der Waals surface area (Å²) in [6.45, 7) is 6.92. The lowest BCUT2D eigenvalue weighted by molar-refractivity contribution is -0.190. The van der Waals surface area contributed by atoms with Gasteiger partial charge in [-0.1, -0.05) is 33.6 Å². The molecule has 5 atom stereocenters. The smallest absolute Gasteiger partial charge is 0.310 e. The fourth-order valence-electron chi connectivity index (χ4n) is 5.44. The van der Waals surface area contributed by atoms with Crippen molar-refractivity contribution in [3.05, 3.63) is 0 Å². The number of alkyl halides is 3. The summed E-state index contributed by atoms with van der Waals surface area (Å²) in [4.78, 5) is 0. The summed E-state index contributed by atoms with van der Waals surface area (Å²) >= 11 is 0. The second kappa shape index (κ2) is 4.87. The van der Waals surface area contributed by atoms with E-state index < -0.39 is 12.1 Å². The molecule has 3 rings (SSSR count). The Hall–Kier alpha value is -0.250. The maximum atomic E-state index is 13.3. The molecule has 0 saturated heterocycles. The molecule has 3 saturated carbocycles. The van der Waals surface area contributed by atoms with Crippen molar-refractivity contribution in [1.29, 1.82) is 0 Å². The molecule has 0 spiro atoms. The van der Waals surface area contributed by atoms with Gasteiger partial charge in [0.05, 0.1) is 5.92 Å². The van der Waals surface area contributed by atoms with Crippen LogP contribution < -0.4 is 5.32 Å². The summed E-state index contributed by atoms with van der Waals surface area (Å²) in [5, 5.41) is 3.48. The Labute approximate surface area is 126 Å². The van der Waals surface area contributed by atoms with Gasteiger partial charge in [-0.2, -0.15) is 13.2 Å². The summed E-state index contributed by atoms with van der Waals surface area (Å²) in [5.41, 5.74) is 0.415. The standard InChI is InChI=1S/C17H28F3N/c1-15(2)11-8-9-16(15,3)14(10-11)21-13-7-5-4-6-12(13)17(18,19)20/h11-14,21H,4-10H2,1-3H3. The largest absolute Gasteiger partial charge is 0.393 e. The van der Waals surface area contributed by atoms with E-state index in [1.54, 1.807) is 0 Å². The molecule has 0 aromatic heterocycles. The first-order chi connectivity index (χ1) is 9.66. The first-order valence-electron chi connectivity index (χ1n) is 8.49. The van der Waals surface area contributed by atoms with E-state index in [0.717, 1.165) is 25.7 Å². The normalized spacial score (nSPS) is 46.0. The highest BCUT2D eigenvalue weighted by Gasteiger charge is 2.62. The van der Waals surface area contributed by atoms with Crippen LogP contribution in [0.5, 0.6) is 0 Å². The van der Waals surface area contributed by atoms with Crippen molar-refractivity contribution < 1.29 is 13.2 Å². The molecule has 3 aliphatic rings. The lowest BCUT2D eigenvalue weighted by Crippen LogP contribution is -2.54. The molecule has 0 heterocycles. The zero-order valence-electron chi connectivity index (χ0n) is 13.4. The Morgan fingerprint density at radius 1 is 1.00 bits per heavy atom. The minimum Gasteiger partial charge on any atom is -0.310 e. The predicted octanol–water partition coefficient (Wildman–Crippen LogP) is 4.91. The highest BCUT2D eigenvalue weighted by atomic mass is 19.4. The van der Waals surface area contributed by atoms with Gasteiger partial charge < -0.3 is 5.32 Å². The van der Waals surface area contributed by atoms with Crippen LogP contribution in [0.3, 0.4) is 0 Å². The third-order valence-electron chi connectivity index (χ3n) is 7.40. The highest BCUT2D eigenvalue weighted by molar-refractivity contribution is 5.13. The Bertz CT molecular complexity index is 403. The fourth-order valence-corrected chi connectivity index (χ4v) is 5.44. The SMILES string of the molecule is CC1(C)C2CCC1(C)C(NC1CCCCC1C(F)(F)F)C2.